The van der Waals surface area contributed by atoms with E-state index < -0.39 is 0 Å². The second-order valence-electron chi connectivity index (χ2n) is 4.10. The molecule has 1 rings (SSSR count). The van der Waals surface area contributed by atoms with E-state index in [9.17, 15) is 0 Å². The van der Waals surface area contributed by atoms with Crippen LogP contribution in [-0.2, 0) is 0 Å². The van der Waals surface area contributed by atoms with Crippen LogP contribution in [0, 0.1) is 0 Å². The zero-order chi connectivity index (χ0) is 11.1. The first-order valence-electron chi connectivity index (χ1n) is 6.05. The fourth-order valence-electron chi connectivity index (χ4n) is 1.83. The first-order chi connectivity index (χ1) is 7.27. The normalized spacial score (nSPS) is 16.6. The third-order valence-corrected chi connectivity index (χ3v) is 2.81. The smallest absolute Gasteiger partial charge is 0.0202 e. The highest BCUT2D eigenvalue weighted by Crippen LogP contribution is 2.20. The van der Waals surface area contributed by atoms with Gasteiger partial charge in [0.2, 0.25) is 0 Å². The van der Waals surface area contributed by atoms with Gasteiger partial charge in [-0.3, -0.25) is 0 Å². The Kier molecular flexibility index (Phi) is 5.41. The van der Waals surface area contributed by atoms with Gasteiger partial charge in [-0.2, -0.15) is 0 Å². The molecule has 1 aliphatic rings. The first-order valence-corrected chi connectivity index (χ1v) is 6.05. The fraction of sp³-hybridized carbons (Fsp3) is 0.571. The minimum atomic E-state index is 1.01. The molecule has 0 aromatic carbocycles. The Hall–Kier alpha value is -0.820. The topological polar surface area (TPSA) is 12.0 Å². The van der Waals surface area contributed by atoms with E-state index in [1.807, 2.05) is 0 Å². The molecule has 0 atom stereocenters. The molecule has 0 saturated heterocycles. The molecule has 1 nitrogen and oxygen atoms in total. The predicted molar refractivity (Wildman–Crippen MR) is 68.0 cm³/mol. The maximum Gasteiger partial charge on any atom is 0.0202 e. The first kappa shape index (κ1) is 12.3. The van der Waals surface area contributed by atoms with Gasteiger partial charge in [0.15, 0.2) is 0 Å². The van der Waals surface area contributed by atoms with Crippen molar-refractivity contribution in [1.29, 1.82) is 0 Å². The molecule has 0 aromatic heterocycles. The lowest BCUT2D eigenvalue weighted by atomic mass is 10.0. The Labute approximate surface area is 94.0 Å². The fourth-order valence-corrected chi connectivity index (χ4v) is 1.83. The Morgan fingerprint density at radius 2 is 2.07 bits per heavy atom. The number of allylic oxidation sites excluding steroid dienone is 4. The summed E-state index contributed by atoms with van der Waals surface area (Å²) in [5.41, 5.74) is 4.37. The van der Waals surface area contributed by atoms with E-state index in [4.69, 9.17) is 0 Å². The van der Waals surface area contributed by atoms with Crippen molar-refractivity contribution in [3.05, 3.63) is 34.9 Å². The SMILES string of the molecule is CCCNCC1=CCC=C(C)C(CC)=C1. The van der Waals surface area contributed by atoms with Crippen LogP contribution in [0.3, 0.4) is 0 Å². The maximum absolute atomic E-state index is 3.46. The molecule has 0 bridgehead atoms. The van der Waals surface area contributed by atoms with Gasteiger partial charge in [0.25, 0.3) is 0 Å². The molecule has 1 heteroatoms. The highest BCUT2D eigenvalue weighted by molar-refractivity contribution is 5.39. The predicted octanol–water partition coefficient (Wildman–Crippen LogP) is 3.60. The van der Waals surface area contributed by atoms with Crippen LogP contribution < -0.4 is 5.32 Å². The van der Waals surface area contributed by atoms with E-state index >= 15 is 0 Å². The summed E-state index contributed by atoms with van der Waals surface area (Å²) in [6.45, 7) is 8.77. The van der Waals surface area contributed by atoms with Crippen LogP contribution in [0.25, 0.3) is 0 Å². The van der Waals surface area contributed by atoms with Gasteiger partial charge >= 0.3 is 0 Å². The van der Waals surface area contributed by atoms with Gasteiger partial charge in [0.05, 0.1) is 0 Å². The second-order valence-corrected chi connectivity index (χ2v) is 4.10. The molecule has 84 valence electrons. The lowest BCUT2D eigenvalue weighted by Crippen LogP contribution is -2.17. The Morgan fingerprint density at radius 3 is 2.73 bits per heavy atom. The van der Waals surface area contributed by atoms with E-state index in [0.717, 1.165) is 25.9 Å². The molecule has 1 N–H and O–H groups in total. The van der Waals surface area contributed by atoms with Crippen LogP contribution in [0.4, 0.5) is 0 Å². The molecule has 1 aliphatic carbocycles. The van der Waals surface area contributed by atoms with Crippen molar-refractivity contribution in [2.75, 3.05) is 13.1 Å². The van der Waals surface area contributed by atoms with Crippen LogP contribution in [0.1, 0.15) is 40.0 Å². The van der Waals surface area contributed by atoms with Crippen LogP contribution in [0.2, 0.25) is 0 Å². The maximum atomic E-state index is 3.46. The summed E-state index contributed by atoms with van der Waals surface area (Å²) < 4.78 is 0. The van der Waals surface area contributed by atoms with Crippen LogP contribution >= 0.6 is 0 Å². The monoisotopic (exact) mass is 205 g/mol. The van der Waals surface area contributed by atoms with E-state index in [-0.39, 0.29) is 0 Å². The lowest BCUT2D eigenvalue weighted by Gasteiger charge is -2.06. The van der Waals surface area contributed by atoms with Crippen molar-refractivity contribution in [3.8, 4) is 0 Å². The van der Waals surface area contributed by atoms with Crippen molar-refractivity contribution in [1.82, 2.24) is 5.32 Å². The van der Waals surface area contributed by atoms with Crippen LogP contribution in [0.15, 0.2) is 34.9 Å². The molecule has 0 aromatic rings. The number of nitrogens with one attached hydrogen (secondary N) is 1. The van der Waals surface area contributed by atoms with Gasteiger partial charge in [-0.25, -0.2) is 0 Å². The summed E-state index contributed by atoms with van der Waals surface area (Å²) >= 11 is 0. The van der Waals surface area contributed by atoms with Gasteiger partial charge in [-0.05, 0) is 43.9 Å². The summed E-state index contributed by atoms with van der Waals surface area (Å²) in [5.74, 6) is 0. The third-order valence-electron chi connectivity index (χ3n) is 2.81. The minimum absolute atomic E-state index is 1.01. The molecule has 0 fully saturated rings. The molecule has 0 unspecified atom stereocenters. The van der Waals surface area contributed by atoms with Crippen molar-refractivity contribution in [2.45, 2.75) is 40.0 Å². The summed E-state index contributed by atoms with van der Waals surface area (Å²) in [5, 5.41) is 3.46. The Balaban J connectivity index is 2.59. The summed E-state index contributed by atoms with van der Waals surface area (Å²) in [7, 11) is 0. The quantitative estimate of drug-likeness (QED) is 0.676. The Morgan fingerprint density at radius 1 is 1.27 bits per heavy atom. The molecule has 0 saturated carbocycles. The summed E-state index contributed by atoms with van der Waals surface area (Å²) in [6, 6.07) is 0. The summed E-state index contributed by atoms with van der Waals surface area (Å²) in [4.78, 5) is 0. The second kappa shape index (κ2) is 6.62. The van der Waals surface area contributed by atoms with Crippen LogP contribution in [0.5, 0.6) is 0 Å². The third kappa shape index (κ3) is 4.05. The van der Waals surface area contributed by atoms with E-state index in [0.29, 0.717) is 0 Å². The molecular weight excluding hydrogens is 182 g/mol. The van der Waals surface area contributed by atoms with Gasteiger partial charge in [0, 0.05) is 6.54 Å². The van der Waals surface area contributed by atoms with E-state index in [1.165, 1.54) is 23.1 Å². The highest BCUT2D eigenvalue weighted by Gasteiger charge is 2.03. The molecule has 0 spiro atoms. The molecule has 0 aliphatic heterocycles. The molecular formula is C14H23N. The number of hydrogen-bond acceptors (Lipinski definition) is 1. The number of rotatable bonds is 5. The van der Waals surface area contributed by atoms with Gasteiger partial charge in [0.1, 0.15) is 0 Å². The largest absolute Gasteiger partial charge is 0.313 e. The average Bonchev–Trinajstić information content (AvgIpc) is 2.41. The van der Waals surface area contributed by atoms with Gasteiger partial charge in [-0.1, -0.05) is 37.6 Å². The van der Waals surface area contributed by atoms with Crippen molar-refractivity contribution < 1.29 is 0 Å². The standard InChI is InChI=1S/C14H23N/c1-4-9-15-11-13-8-6-7-12(3)14(5-2)10-13/h7-8,10,15H,4-6,9,11H2,1-3H3. The zero-order valence-electron chi connectivity index (χ0n) is 10.3. The van der Waals surface area contributed by atoms with Crippen molar-refractivity contribution in [2.24, 2.45) is 0 Å². The van der Waals surface area contributed by atoms with Crippen molar-refractivity contribution >= 4 is 0 Å². The van der Waals surface area contributed by atoms with Crippen molar-refractivity contribution in [3.63, 3.8) is 0 Å². The number of hydrogen-bond donors (Lipinski definition) is 1. The van der Waals surface area contributed by atoms with Crippen LogP contribution in [-0.4, -0.2) is 13.1 Å². The lowest BCUT2D eigenvalue weighted by molar-refractivity contribution is 0.718. The highest BCUT2D eigenvalue weighted by atomic mass is 14.8. The molecule has 0 heterocycles. The molecule has 0 radical (unpaired) electrons. The van der Waals surface area contributed by atoms with Gasteiger partial charge < -0.3 is 5.32 Å². The summed E-state index contributed by atoms with van der Waals surface area (Å²) in [6.07, 6.45) is 10.4. The zero-order valence-corrected chi connectivity index (χ0v) is 10.3. The van der Waals surface area contributed by atoms with Gasteiger partial charge in [-0.15, -0.1) is 0 Å². The van der Waals surface area contributed by atoms with E-state index in [1.54, 1.807) is 0 Å². The average molecular weight is 205 g/mol. The molecule has 15 heavy (non-hydrogen) atoms. The minimum Gasteiger partial charge on any atom is -0.313 e. The van der Waals surface area contributed by atoms with E-state index in [2.05, 4.69) is 44.3 Å². The Bertz CT molecular complexity index is 282. The molecule has 0 amide bonds.